The minimum Gasteiger partial charge on any atom is -0.846 e. The third-order valence-electron chi connectivity index (χ3n) is 11.2. The average molecular weight is 1480 g/mol. The number of aliphatic imine (C=N–C) groups is 2. The molecular formula is C43H32N18Na6O22S6. The van der Waals surface area contributed by atoms with Crippen LogP contribution in [0.2, 0.25) is 0 Å². The SMILES string of the molecule is NC([O-])=Nc1ccc(N=Nc2cc3c(S(=O)(=O)O)cc(S(=O)(=O)[O-])cc3cc2S(=O)(=O)O)c(Nc2nc([O-])nc(NCCCNc3nc([O-])nc(Nc4cc(N=C(N)[O-])ccc4N=Nc4cc5c(S(=O)(=O)O)cc(S(=O)(=O)[O-])cc5cc4S(=O)(=O)O)n3)n2)c1.[Na+].[Na+].[Na+].[Na+].[Na+].[Na+]. The van der Waals surface area contributed by atoms with Gasteiger partial charge < -0.3 is 62.3 Å². The van der Waals surface area contributed by atoms with E-state index in [-0.39, 0.29) is 243 Å². The van der Waals surface area contributed by atoms with Crippen LogP contribution >= 0.6 is 0 Å². The van der Waals surface area contributed by atoms with E-state index in [9.17, 15) is 98.2 Å². The summed E-state index contributed by atoms with van der Waals surface area (Å²) in [4.78, 5) is 23.1. The largest absolute Gasteiger partial charge is 1.00 e. The topological polar surface area (TPSA) is 676 Å². The fourth-order valence-corrected chi connectivity index (χ4v) is 11.6. The Balaban J connectivity index is 0.00000512. The number of anilines is 6. The maximum absolute atomic E-state index is 12.7. The third-order valence-corrected chi connectivity index (χ3v) is 16.4. The Morgan fingerprint density at radius 3 is 1.04 bits per heavy atom. The first kappa shape index (κ1) is 86.9. The molecule has 8 aromatic rings. The molecule has 2 aromatic heterocycles. The number of nitrogens with one attached hydrogen (secondary N) is 4. The molecule has 8 rings (SSSR count). The van der Waals surface area contributed by atoms with Gasteiger partial charge in [-0.05, 0) is 102 Å². The molecule has 6 aromatic carbocycles. The fraction of sp³-hybridized carbons (Fsp3) is 0.0698. The third kappa shape index (κ3) is 23.5. The predicted molar refractivity (Wildman–Crippen MR) is 294 cm³/mol. The zero-order valence-electron chi connectivity index (χ0n) is 49.3. The molecule has 2 heterocycles. The summed E-state index contributed by atoms with van der Waals surface area (Å²) in [5, 5.41) is 72.6. The quantitative estimate of drug-likeness (QED) is 0.00752. The van der Waals surface area contributed by atoms with E-state index < -0.39 is 159 Å². The number of azo groups is 2. The Hall–Kier alpha value is -4.14. The molecule has 0 atom stereocenters. The van der Waals surface area contributed by atoms with Crippen LogP contribution in [0.15, 0.2) is 145 Å². The van der Waals surface area contributed by atoms with E-state index in [1.54, 1.807) is 0 Å². The van der Waals surface area contributed by atoms with Crippen LogP contribution in [0, 0.1) is 0 Å². The van der Waals surface area contributed by atoms with Gasteiger partial charge in [-0.2, -0.15) is 43.6 Å². The van der Waals surface area contributed by atoms with Gasteiger partial charge in [0.25, 0.3) is 40.5 Å². The van der Waals surface area contributed by atoms with E-state index in [1.807, 2.05) is 0 Å². The predicted octanol–water partition coefficient (Wildman–Crippen LogP) is -17.8. The van der Waals surface area contributed by atoms with Crippen LogP contribution in [-0.2, 0) is 60.7 Å². The molecule has 0 aliphatic heterocycles. The summed E-state index contributed by atoms with van der Waals surface area (Å²) in [6, 6.07) is 6.21. The van der Waals surface area contributed by atoms with Crippen LogP contribution in [0.25, 0.3) is 21.5 Å². The number of fused-ring (bicyclic) bond motifs is 2. The average Bonchev–Trinajstić information content (AvgIpc) is 0.760. The Labute approximate surface area is 668 Å². The number of nitrogens with zero attached hydrogens (tertiary/aromatic N) is 12. The zero-order valence-corrected chi connectivity index (χ0v) is 66.2. The Morgan fingerprint density at radius 1 is 0.421 bits per heavy atom. The van der Waals surface area contributed by atoms with Crippen LogP contribution in [0.5, 0.6) is 12.0 Å². The number of aromatic nitrogens is 6. The number of amidine groups is 2. The summed E-state index contributed by atoms with van der Waals surface area (Å²) in [6.07, 6.45) is 0.101. The fourth-order valence-electron chi connectivity index (χ4n) is 7.67. The van der Waals surface area contributed by atoms with Gasteiger partial charge in [0.15, 0.2) is 0 Å². The number of hydrogen-bond acceptors (Lipinski definition) is 34. The molecular weight excluding hydrogens is 1450 g/mol. The van der Waals surface area contributed by atoms with Gasteiger partial charge >= 0.3 is 177 Å². The molecule has 0 amide bonds. The van der Waals surface area contributed by atoms with E-state index >= 15 is 0 Å². The molecule has 468 valence electrons. The van der Waals surface area contributed by atoms with E-state index in [4.69, 9.17) is 11.5 Å². The molecule has 0 saturated heterocycles. The first-order valence-electron chi connectivity index (χ1n) is 23.4. The summed E-state index contributed by atoms with van der Waals surface area (Å²) in [7, 11) is -32.1. The monoisotopic (exact) mass is 1480 g/mol. The Bertz CT molecular complexity index is 4810. The van der Waals surface area contributed by atoms with Gasteiger partial charge in [-0.1, -0.05) is 0 Å². The Morgan fingerprint density at radius 2 is 0.737 bits per heavy atom. The van der Waals surface area contributed by atoms with Crippen LogP contribution in [0.1, 0.15) is 6.42 Å². The molecule has 0 spiro atoms. The number of nitrogens with two attached hydrogens (primary N) is 2. The normalized spacial score (nSPS) is 12.3. The van der Waals surface area contributed by atoms with Crippen molar-refractivity contribution in [3.63, 3.8) is 0 Å². The van der Waals surface area contributed by atoms with Crippen LogP contribution in [-0.4, -0.2) is 133 Å². The molecule has 0 unspecified atom stereocenters. The van der Waals surface area contributed by atoms with Gasteiger partial charge in [0.05, 0.1) is 56.6 Å². The van der Waals surface area contributed by atoms with Crippen molar-refractivity contribution >= 4 is 164 Å². The summed E-state index contributed by atoms with van der Waals surface area (Å²) in [6.45, 7) is -0.113. The maximum Gasteiger partial charge on any atom is 1.00 e. The second kappa shape index (κ2) is 34.8. The standard InChI is InChI=1S/C43H38N18O22S6.6Na/c44-36(62)48-20-2-4-26(58-60-30-16-24-18(10-34(30)88(78,79)80)8-22(84(66,67)68)14-32(24)86(72,73)74)28(12-20)50-40-52-38(54-42(64)56-40)46-6-1-7-47-39-53-41(57-43(65)55-39)51-29-13-21(49-37(45)63)3-5-27(29)59-61-31-17-25-19(11-35(31)89(81,82)83)9-23(85(69,70)71)15-33(25)87(75,76)77;;;;;;/h2-5,8-17H,1,6-7H2,(H3,44,48,62)(H3,45,49,63)(H,66,67,68)(H,69,70,71)(H,72,73,74)(H,75,76,77)(H,78,79,80)(H,81,82,83)(H3,46,50,52,54,56,64)(H3,47,51,53,55,57,65);;;;;;/q;6*+1/p-6. The van der Waals surface area contributed by atoms with Crippen LogP contribution in [0.4, 0.5) is 69.3 Å². The van der Waals surface area contributed by atoms with Crippen molar-refractivity contribution in [2.45, 2.75) is 35.8 Å². The summed E-state index contributed by atoms with van der Waals surface area (Å²) in [5.74, 6) is -1.75. The molecule has 0 fully saturated rings. The first-order valence-corrected chi connectivity index (χ1v) is 31.9. The molecule has 12 N–H and O–H groups in total. The minimum absolute atomic E-state index is 0. The Kier molecular flexibility index (Phi) is 31.8. The zero-order chi connectivity index (χ0) is 65.3. The summed E-state index contributed by atoms with van der Waals surface area (Å²) >= 11 is 0. The number of hydrogen-bond donors (Lipinski definition) is 10. The van der Waals surface area contributed by atoms with Crippen LogP contribution < -0.4 is 231 Å². The van der Waals surface area contributed by atoms with Crippen molar-refractivity contribution in [1.29, 1.82) is 0 Å². The maximum atomic E-state index is 12.7. The summed E-state index contributed by atoms with van der Waals surface area (Å²) in [5.41, 5.74) is 7.36. The molecule has 95 heavy (non-hydrogen) atoms. The first-order chi connectivity index (χ1) is 41.3. The van der Waals surface area contributed by atoms with Crippen molar-refractivity contribution in [2.24, 2.45) is 41.9 Å². The van der Waals surface area contributed by atoms with E-state index in [1.165, 1.54) is 0 Å². The van der Waals surface area contributed by atoms with Gasteiger partial charge in [0.1, 0.15) is 62.6 Å². The number of rotatable bonds is 22. The van der Waals surface area contributed by atoms with Crippen molar-refractivity contribution < 1.29 is 276 Å². The molecule has 0 bridgehead atoms. The summed E-state index contributed by atoms with van der Waals surface area (Å²) < 4.78 is 210. The van der Waals surface area contributed by atoms with Crippen molar-refractivity contribution in [3.8, 4) is 12.0 Å². The second-order valence-corrected chi connectivity index (χ2v) is 25.7. The van der Waals surface area contributed by atoms with Gasteiger partial charge in [-0.15, -0.1) is 20.5 Å². The molecule has 0 aliphatic carbocycles. The molecule has 0 aliphatic rings. The van der Waals surface area contributed by atoms with E-state index in [0.717, 1.165) is 36.4 Å². The van der Waals surface area contributed by atoms with Gasteiger partial charge in [-0.3, -0.25) is 18.2 Å². The molecule has 40 nitrogen and oxygen atoms in total. The second-order valence-electron chi connectivity index (χ2n) is 17.4. The molecule has 0 saturated carbocycles. The van der Waals surface area contributed by atoms with Crippen molar-refractivity contribution in [1.82, 2.24) is 29.9 Å². The van der Waals surface area contributed by atoms with Crippen LogP contribution in [0.3, 0.4) is 0 Å². The van der Waals surface area contributed by atoms with Gasteiger partial charge in [0, 0.05) is 23.9 Å². The van der Waals surface area contributed by atoms with Gasteiger partial charge in [0.2, 0.25) is 23.8 Å². The minimum atomic E-state index is -5.41. The van der Waals surface area contributed by atoms with E-state index in [0.29, 0.717) is 48.5 Å². The number of benzene rings is 6. The van der Waals surface area contributed by atoms with E-state index in [2.05, 4.69) is 81.6 Å². The molecule has 52 heteroatoms. The van der Waals surface area contributed by atoms with Crippen molar-refractivity contribution in [2.75, 3.05) is 34.4 Å². The van der Waals surface area contributed by atoms with Gasteiger partial charge in [-0.25, -0.2) is 46.8 Å². The van der Waals surface area contributed by atoms with Crippen molar-refractivity contribution in [3.05, 3.63) is 84.9 Å². The molecule has 0 radical (unpaired) electrons. The smallest absolute Gasteiger partial charge is 0.846 e.